The van der Waals surface area contributed by atoms with Crippen molar-refractivity contribution in [3.8, 4) is 11.1 Å². The minimum atomic E-state index is -0.0534. The highest BCUT2D eigenvalue weighted by Crippen LogP contribution is 2.62. The Morgan fingerprint density at radius 1 is 0.479 bits per heavy atom. The lowest BCUT2D eigenvalue weighted by molar-refractivity contribution is 0.195. The Labute approximate surface area is 428 Å². The fourth-order valence-electron chi connectivity index (χ4n) is 13.3. The monoisotopic (exact) mass is 933 g/mol. The predicted molar refractivity (Wildman–Crippen MR) is 307 cm³/mol. The van der Waals surface area contributed by atoms with Gasteiger partial charge in [-0.2, -0.15) is 0 Å². The van der Waals surface area contributed by atoms with E-state index < -0.39 is 0 Å². The molecule has 1 aliphatic carbocycles. The van der Waals surface area contributed by atoms with Crippen molar-refractivity contribution < 1.29 is 0 Å². The van der Waals surface area contributed by atoms with E-state index in [4.69, 9.17) is 0 Å². The predicted octanol–water partition coefficient (Wildman–Crippen LogP) is 16.4. The van der Waals surface area contributed by atoms with Crippen LogP contribution in [0.1, 0.15) is 179 Å². The molecule has 11 rings (SSSR count). The molecule has 2 unspecified atom stereocenters. The summed E-state index contributed by atoms with van der Waals surface area (Å²) in [6.45, 7) is 35.8. The quantitative estimate of drug-likeness (QED) is 0.125. The largest absolute Gasteiger partial charge is 0.335 e. The van der Waals surface area contributed by atoms with Crippen LogP contribution in [-0.4, -0.2) is 12.3 Å². The second-order valence-corrected chi connectivity index (χ2v) is 26.7. The van der Waals surface area contributed by atoms with E-state index in [1.807, 2.05) is 0 Å². The summed E-state index contributed by atoms with van der Waals surface area (Å²) < 4.78 is 0. The second-order valence-electron chi connectivity index (χ2n) is 26.7. The van der Waals surface area contributed by atoms with E-state index in [0.717, 1.165) is 0 Å². The highest BCUT2D eigenvalue weighted by Gasteiger charge is 2.61. The van der Waals surface area contributed by atoms with Crippen LogP contribution in [-0.2, 0) is 27.1 Å². The van der Waals surface area contributed by atoms with Crippen LogP contribution in [0.3, 0.4) is 0 Å². The van der Waals surface area contributed by atoms with Crippen molar-refractivity contribution in [2.45, 2.75) is 168 Å². The van der Waals surface area contributed by atoms with E-state index in [1.54, 1.807) is 5.56 Å². The Morgan fingerprint density at radius 2 is 1.03 bits per heavy atom. The minimum Gasteiger partial charge on any atom is -0.335 e. The summed E-state index contributed by atoms with van der Waals surface area (Å²) in [4.78, 5) is 5.60. The molecular formula is C68H77BN2. The smallest absolute Gasteiger partial charge is 0.252 e. The molecule has 71 heavy (non-hydrogen) atoms. The first-order valence-electron chi connectivity index (χ1n) is 26.9. The molecule has 362 valence electrons. The molecule has 2 atom stereocenters. The van der Waals surface area contributed by atoms with Gasteiger partial charge >= 0.3 is 0 Å². The number of benzene rings is 7. The third kappa shape index (κ3) is 7.48. The van der Waals surface area contributed by atoms with Crippen molar-refractivity contribution >= 4 is 51.5 Å². The SMILES string of the molecule is Cc1cc2c3c(c1)N1c4c(cc(C(C)(C)C)cc4C4(C)CCCCC14C)B3c1ccc(C(c3ccc(C(C)(C)C)cc3)c3ccc(C(C)(C)C)cc3)cc1N2c1ccc(C(C)(C)C)cc1-c1ccccc1. The number of nitrogens with zero attached hydrogens (tertiary/aromatic N) is 2. The highest BCUT2D eigenvalue weighted by atomic mass is 15.3. The van der Waals surface area contributed by atoms with Gasteiger partial charge in [0.15, 0.2) is 0 Å². The summed E-state index contributed by atoms with van der Waals surface area (Å²) in [6, 6.07) is 55.6. The Morgan fingerprint density at radius 3 is 1.62 bits per heavy atom. The molecule has 0 N–H and O–H groups in total. The van der Waals surface area contributed by atoms with Crippen molar-refractivity contribution in [2.24, 2.45) is 0 Å². The van der Waals surface area contributed by atoms with E-state index in [-0.39, 0.29) is 45.2 Å². The van der Waals surface area contributed by atoms with Crippen LogP contribution < -0.4 is 26.2 Å². The van der Waals surface area contributed by atoms with Gasteiger partial charge in [-0.05, 0) is 151 Å². The molecule has 0 amide bonds. The van der Waals surface area contributed by atoms with Crippen molar-refractivity contribution in [1.82, 2.24) is 0 Å². The molecule has 3 aliphatic heterocycles. The van der Waals surface area contributed by atoms with E-state index in [0.29, 0.717) is 0 Å². The lowest BCUT2D eigenvalue weighted by Crippen LogP contribution is -2.64. The third-order valence-corrected chi connectivity index (χ3v) is 17.8. The molecule has 0 saturated heterocycles. The summed E-state index contributed by atoms with van der Waals surface area (Å²) in [6.07, 6.45) is 4.92. The fourth-order valence-corrected chi connectivity index (χ4v) is 13.3. The molecule has 1 fully saturated rings. The van der Waals surface area contributed by atoms with E-state index >= 15 is 0 Å². The first kappa shape index (κ1) is 47.5. The minimum absolute atomic E-state index is 0.0121. The molecular weight excluding hydrogens is 856 g/mol. The molecule has 2 nitrogen and oxygen atoms in total. The molecule has 0 aromatic heterocycles. The van der Waals surface area contributed by atoms with Gasteiger partial charge in [-0.15, -0.1) is 0 Å². The van der Waals surface area contributed by atoms with Crippen LogP contribution in [0.15, 0.2) is 140 Å². The zero-order valence-corrected chi connectivity index (χ0v) is 45.7. The van der Waals surface area contributed by atoms with Gasteiger partial charge in [-0.25, -0.2) is 0 Å². The molecule has 0 bridgehead atoms. The molecule has 4 aliphatic rings. The summed E-state index contributed by atoms with van der Waals surface area (Å²) in [5, 5.41) is 0. The van der Waals surface area contributed by atoms with Crippen LogP contribution in [0.2, 0.25) is 0 Å². The molecule has 3 heteroatoms. The average molecular weight is 933 g/mol. The average Bonchev–Trinajstić information content (AvgIpc) is 3.53. The van der Waals surface area contributed by atoms with Crippen LogP contribution >= 0.6 is 0 Å². The van der Waals surface area contributed by atoms with Crippen LogP contribution in [0.4, 0.5) is 28.4 Å². The number of hydrogen-bond acceptors (Lipinski definition) is 2. The Bertz CT molecular complexity index is 3160. The maximum atomic E-state index is 2.89. The lowest BCUT2D eigenvalue weighted by atomic mass is 9.33. The Balaban J connectivity index is 1.24. The van der Waals surface area contributed by atoms with Gasteiger partial charge in [0, 0.05) is 39.6 Å². The molecule has 0 radical (unpaired) electrons. The van der Waals surface area contributed by atoms with E-state index in [9.17, 15) is 0 Å². The van der Waals surface area contributed by atoms with Crippen LogP contribution in [0.25, 0.3) is 11.1 Å². The lowest BCUT2D eigenvalue weighted by Gasteiger charge is -2.53. The van der Waals surface area contributed by atoms with Gasteiger partial charge in [0.1, 0.15) is 0 Å². The van der Waals surface area contributed by atoms with Crippen LogP contribution in [0.5, 0.6) is 0 Å². The standard InChI is InChI=1S/C68H77BN2/c1-43-37-58-61-59(38-43)71-62-53(67(14)35-19-20-36-68(67,71)15)41-51(66(11,12)13)42-55(62)69(61)54-33-27-47(39-57(54)70(58)56-34-32-50(65(8,9)10)40-52(56)44-21-17-16-18-22-44)60(45-23-28-48(29-24-45)63(2,3)4)46-25-30-49(31-26-46)64(5,6)7/h16-18,21-34,37-42,60H,19-20,35-36H2,1-15H3. The first-order chi connectivity index (χ1) is 33.4. The topological polar surface area (TPSA) is 6.48 Å². The van der Waals surface area contributed by atoms with E-state index in [2.05, 4.69) is 253 Å². The summed E-state index contributed by atoms with van der Waals surface area (Å²) in [5.74, 6) is 0.0230. The van der Waals surface area contributed by atoms with Gasteiger partial charge in [0.25, 0.3) is 6.71 Å². The van der Waals surface area contributed by atoms with Crippen LogP contribution in [0, 0.1) is 6.92 Å². The van der Waals surface area contributed by atoms with Gasteiger partial charge in [-0.3, -0.25) is 0 Å². The second kappa shape index (κ2) is 16.1. The molecule has 0 spiro atoms. The van der Waals surface area contributed by atoms with Crippen molar-refractivity contribution in [3.63, 3.8) is 0 Å². The Kier molecular flexibility index (Phi) is 10.8. The zero-order chi connectivity index (χ0) is 50.4. The summed E-state index contributed by atoms with van der Waals surface area (Å²) in [5.41, 5.74) is 25.8. The number of anilines is 5. The number of aryl methyl sites for hydroxylation is 1. The van der Waals surface area contributed by atoms with E-state index in [1.165, 1.54) is 126 Å². The summed E-state index contributed by atoms with van der Waals surface area (Å²) >= 11 is 0. The molecule has 3 heterocycles. The molecule has 1 saturated carbocycles. The number of rotatable bonds is 5. The van der Waals surface area contributed by atoms with Gasteiger partial charge < -0.3 is 9.80 Å². The molecule has 7 aromatic carbocycles. The summed E-state index contributed by atoms with van der Waals surface area (Å²) in [7, 11) is 0. The highest BCUT2D eigenvalue weighted by molar-refractivity contribution is 7.00. The van der Waals surface area contributed by atoms with Crippen molar-refractivity contribution in [3.05, 3.63) is 190 Å². The van der Waals surface area contributed by atoms with Crippen molar-refractivity contribution in [2.75, 3.05) is 9.80 Å². The maximum absolute atomic E-state index is 2.89. The van der Waals surface area contributed by atoms with Gasteiger partial charge in [0.2, 0.25) is 0 Å². The maximum Gasteiger partial charge on any atom is 0.252 e. The number of hydrogen-bond donors (Lipinski definition) is 0. The number of fused-ring (bicyclic) bond motifs is 7. The normalized spacial score (nSPS) is 19.4. The zero-order valence-electron chi connectivity index (χ0n) is 45.7. The first-order valence-corrected chi connectivity index (χ1v) is 26.9. The third-order valence-electron chi connectivity index (χ3n) is 17.8. The molecule has 7 aromatic rings. The van der Waals surface area contributed by atoms with Gasteiger partial charge in [-0.1, -0.05) is 212 Å². The van der Waals surface area contributed by atoms with Gasteiger partial charge in [0.05, 0.1) is 11.2 Å². The fraction of sp³-hybridized carbons (Fsp3) is 0.382. The Hall–Kier alpha value is -5.80. The van der Waals surface area contributed by atoms with Crippen molar-refractivity contribution in [1.29, 1.82) is 0 Å².